The van der Waals surface area contributed by atoms with Crippen LogP contribution in [-0.2, 0) is 4.74 Å². The average Bonchev–Trinajstić information content (AvgIpc) is 2.35. The lowest BCUT2D eigenvalue weighted by Crippen LogP contribution is -2.53. The second kappa shape index (κ2) is 5.67. The van der Waals surface area contributed by atoms with E-state index in [-0.39, 0.29) is 12.1 Å². The number of likely N-dealkylation sites (tertiary alicyclic amines) is 1. The Kier molecular flexibility index (Phi) is 4.20. The molecular formula is C12H21FN2O2. The Morgan fingerprint density at radius 3 is 2.53 bits per heavy atom. The number of nitrogens with one attached hydrogen (secondary N) is 1. The van der Waals surface area contributed by atoms with Crippen LogP contribution in [0.1, 0.15) is 32.6 Å². The van der Waals surface area contributed by atoms with Gasteiger partial charge in [0.25, 0.3) is 0 Å². The van der Waals surface area contributed by atoms with Crippen molar-refractivity contribution in [2.45, 2.75) is 50.9 Å². The monoisotopic (exact) mass is 244 g/mol. The minimum Gasteiger partial charge on any atom is -0.450 e. The van der Waals surface area contributed by atoms with E-state index in [1.54, 1.807) is 4.90 Å². The molecule has 0 aromatic carbocycles. The molecule has 1 aliphatic carbocycles. The van der Waals surface area contributed by atoms with Gasteiger partial charge < -0.3 is 15.0 Å². The van der Waals surface area contributed by atoms with Crippen LogP contribution in [0.3, 0.4) is 0 Å². The fraction of sp³-hybridized carbons (Fsp3) is 0.917. The molecule has 0 aromatic heterocycles. The number of alkyl halides is 1. The third-order valence-electron chi connectivity index (χ3n) is 3.66. The number of amides is 1. The summed E-state index contributed by atoms with van der Waals surface area (Å²) in [5.41, 5.74) is 0. The second-order valence-electron chi connectivity index (χ2n) is 4.83. The summed E-state index contributed by atoms with van der Waals surface area (Å²) in [6, 6.07) is 0.401. The van der Waals surface area contributed by atoms with Crippen molar-refractivity contribution in [3.8, 4) is 0 Å². The van der Waals surface area contributed by atoms with Gasteiger partial charge in [0, 0.05) is 25.2 Å². The van der Waals surface area contributed by atoms with Gasteiger partial charge in [-0.2, -0.15) is 0 Å². The van der Waals surface area contributed by atoms with Gasteiger partial charge in [-0.05, 0) is 32.6 Å². The Bertz CT molecular complexity index is 267. The molecule has 17 heavy (non-hydrogen) atoms. The van der Waals surface area contributed by atoms with Crippen molar-refractivity contribution in [3.05, 3.63) is 0 Å². The number of halogens is 1. The van der Waals surface area contributed by atoms with Crippen LogP contribution < -0.4 is 5.32 Å². The molecule has 0 aromatic rings. The number of nitrogens with zero attached hydrogens (tertiary/aromatic N) is 1. The molecule has 2 atom stereocenters. The summed E-state index contributed by atoms with van der Waals surface area (Å²) in [6.45, 7) is 3.65. The average molecular weight is 244 g/mol. The summed E-state index contributed by atoms with van der Waals surface area (Å²) in [5, 5.41) is 3.34. The molecule has 2 fully saturated rings. The normalized spacial score (nSPS) is 29.9. The summed E-state index contributed by atoms with van der Waals surface area (Å²) < 4.78 is 18.0. The van der Waals surface area contributed by atoms with Crippen molar-refractivity contribution in [2.75, 3.05) is 19.7 Å². The predicted octanol–water partition coefficient (Wildman–Crippen LogP) is 1.70. The van der Waals surface area contributed by atoms with Crippen molar-refractivity contribution in [3.63, 3.8) is 0 Å². The maximum absolute atomic E-state index is 13.1. The van der Waals surface area contributed by atoms with Crippen LogP contribution in [0.5, 0.6) is 0 Å². The molecule has 1 amide bonds. The number of rotatable bonds is 3. The van der Waals surface area contributed by atoms with Gasteiger partial charge in [0.1, 0.15) is 6.17 Å². The second-order valence-corrected chi connectivity index (χ2v) is 4.83. The van der Waals surface area contributed by atoms with Crippen molar-refractivity contribution < 1.29 is 13.9 Å². The molecule has 98 valence electrons. The summed E-state index contributed by atoms with van der Waals surface area (Å²) in [4.78, 5) is 13.2. The van der Waals surface area contributed by atoms with E-state index in [0.717, 1.165) is 19.3 Å². The van der Waals surface area contributed by atoms with Gasteiger partial charge in [0.15, 0.2) is 0 Å². The minimum absolute atomic E-state index is 0.0501. The molecule has 1 saturated heterocycles. The van der Waals surface area contributed by atoms with E-state index >= 15 is 0 Å². The van der Waals surface area contributed by atoms with Gasteiger partial charge in [0.05, 0.1) is 6.61 Å². The highest BCUT2D eigenvalue weighted by atomic mass is 19.1. The standard InChI is InChI=1S/C12H21FN2O2/c1-2-17-12(16)15-7-5-9(6-8-15)14-11-4-3-10(11)13/h9-11,14H,2-8H2,1H3. The number of hydrogen-bond donors (Lipinski definition) is 1. The highest BCUT2D eigenvalue weighted by Gasteiger charge is 2.33. The zero-order valence-electron chi connectivity index (χ0n) is 10.3. The van der Waals surface area contributed by atoms with Crippen LogP contribution in [-0.4, -0.2) is 48.9 Å². The zero-order chi connectivity index (χ0) is 12.3. The van der Waals surface area contributed by atoms with Gasteiger partial charge >= 0.3 is 6.09 Å². The summed E-state index contributed by atoms with van der Waals surface area (Å²) in [6.07, 6.45) is 2.53. The first-order chi connectivity index (χ1) is 8.20. The highest BCUT2D eigenvalue weighted by molar-refractivity contribution is 5.67. The largest absolute Gasteiger partial charge is 0.450 e. The van der Waals surface area contributed by atoms with Gasteiger partial charge in [0.2, 0.25) is 0 Å². The molecule has 0 radical (unpaired) electrons. The molecule has 1 N–H and O–H groups in total. The lowest BCUT2D eigenvalue weighted by molar-refractivity contribution is 0.0843. The summed E-state index contributed by atoms with van der Waals surface area (Å²) in [5.74, 6) is 0. The lowest BCUT2D eigenvalue weighted by Gasteiger charge is -2.38. The molecule has 1 heterocycles. The quantitative estimate of drug-likeness (QED) is 0.821. The third kappa shape index (κ3) is 3.09. The first-order valence-corrected chi connectivity index (χ1v) is 6.52. The van der Waals surface area contributed by atoms with E-state index in [1.807, 2.05) is 6.92 Å². The molecule has 0 bridgehead atoms. The van der Waals surface area contributed by atoms with Crippen molar-refractivity contribution in [1.29, 1.82) is 0 Å². The van der Waals surface area contributed by atoms with Crippen LogP contribution >= 0.6 is 0 Å². The Labute approximate surface area is 101 Å². The van der Waals surface area contributed by atoms with E-state index in [4.69, 9.17) is 4.74 Å². The van der Waals surface area contributed by atoms with E-state index < -0.39 is 6.17 Å². The van der Waals surface area contributed by atoms with Gasteiger partial charge in [-0.15, -0.1) is 0 Å². The summed E-state index contributed by atoms with van der Waals surface area (Å²) >= 11 is 0. The SMILES string of the molecule is CCOC(=O)N1CCC(NC2CCC2F)CC1. The number of carbonyl (C=O) groups excluding carboxylic acids is 1. The summed E-state index contributed by atoms with van der Waals surface area (Å²) in [7, 11) is 0. The smallest absolute Gasteiger partial charge is 0.409 e. The molecule has 2 unspecified atom stereocenters. The van der Waals surface area contributed by atoms with Crippen LogP contribution in [0, 0.1) is 0 Å². The van der Waals surface area contributed by atoms with E-state index in [9.17, 15) is 9.18 Å². The molecule has 5 heteroatoms. The zero-order valence-corrected chi connectivity index (χ0v) is 10.3. The number of hydrogen-bond acceptors (Lipinski definition) is 3. The van der Waals surface area contributed by atoms with Crippen LogP contribution in [0.15, 0.2) is 0 Å². The van der Waals surface area contributed by atoms with Crippen molar-refractivity contribution in [1.82, 2.24) is 10.2 Å². The van der Waals surface area contributed by atoms with Gasteiger partial charge in [-0.25, -0.2) is 9.18 Å². The molecule has 2 aliphatic rings. The predicted molar refractivity (Wildman–Crippen MR) is 62.7 cm³/mol. The van der Waals surface area contributed by atoms with Crippen LogP contribution in [0.4, 0.5) is 9.18 Å². The topological polar surface area (TPSA) is 41.6 Å². The maximum Gasteiger partial charge on any atom is 0.409 e. The van der Waals surface area contributed by atoms with Crippen molar-refractivity contribution in [2.24, 2.45) is 0 Å². The first-order valence-electron chi connectivity index (χ1n) is 6.52. The Balaban J connectivity index is 1.68. The molecule has 4 nitrogen and oxygen atoms in total. The Morgan fingerprint density at radius 2 is 2.06 bits per heavy atom. The maximum atomic E-state index is 13.1. The number of piperidine rings is 1. The Hall–Kier alpha value is -0.840. The molecule has 0 spiro atoms. The molecule has 1 saturated carbocycles. The van der Waals surface area contributed by atoms with Crippen LogP contribution in [0.2, 0.25) is 0 Å². The van der Waals surface area contributed by atoms with Crippen LogP contribution in [0.25, 0.3) is 0 Å². The third-order valence-corrected chi connectivity index (χ3v) is 3.66. The lowest BCUT2D eigenvalue weighted by atomic mass is 9.89. The van der Waals surface area contributed by atoms with Gasteiger partial charge in [-0.1, -0.05) is 0 Å². The fourth-order valence-electron chi connectivity index (χ4n) is 2.39. The van der Waals surface area contributed by atoms with Gasteiger partial charge in [-0.3, -0.25) is 0 Å². The molecular weight excluding hydrogens is 223 g/mol. The molecule has 1 aliphatic heterocycles. The number of ether oxygens (including phenoxy) is 1. The van der Waals surface area contributed by atoms with E-state index in [1.165, 1.54) is 0 Å². The fourth-order valence-corrected chi connectivity index (χ4v) is 2.39. The molecule has 2 rings (SSSR count). The first kappa shape index (κ1) is 12.6. The minimum atomic E-state index is -0.668. The highest BCUT2D eigenvalue weighted by Crippen LogP contribution is 2.25. The Morgan fingerprint density at radius 1 is 1.35 bits per heavy atom. The van der Waals surface area contributed by atoms with Crippen molar-refractivity contribution >= 4 is 6.09 Å². The number of carbonyl (C=O) groups is 1. The van der Waals surface area contributed by atoms with E-state index in [0.29, 0.717) is 32.2 Å². The van der Waals surface area contributed by atoms with E-state index in [2.05, 4.69) is 5.32 Å².